The fraction of sp³-hybridized carbons (Fsp3) is 0.263. The number of halogens is 1. The number of nitrogens with zero attached hydrogens (tertiary/aromatic N) is 1. The number of hydrogen-bond donors (Lipinski definition) is 1. The molecule has 3 rings (SSSR count). The van der Waals surface area contributed by atoms with Gasteiger partial charge in [0.25, 0.3) is 0 Å². The number of benzene rings is 2. The van der Waals surface area contributed by atoms with Crippen LogP contribution in [0.3, 0.4) is 0 Å². The number of amides is 1. The van der Waals surface area contributed by atoms with Gasteiger partial charge in [0.05, 0.1) is 5.56 Å². The Bertz CT molecular complexity index is 771. The molecule has 4 nitrogen and oxygen atoms in total. The predicted molar refractivity (Wildman–Crippen MR) is 95.0 cm³/mol. The van der Waals surface area contributed by atoms with Crippen LogP contribution < -0.4 is 0 Å². The van der Waals surface area contributed by atoms with Crippen LogP contribution in [0.2, 0.25) is 0 Å². The first-order valence-electron chi connectivity index (χ1n) is 7.90. The summed E-state index contributed by atoms with van der Waals surface area (Å²) in [4.78, 5) is 25.4. The van der Waals surface area contributed by atoms with Gasteiger partial charge in [-0.2, -0.15) is 0 Å². The molecule has 1 aliphatic rings. The van der Waals surface area contributed by atoms with Crippen LogP contribution in [0.15, 0.2) is 46.9 Å². The highest BCUT2D eigenvalue weighted by Gasteiger charge is 2.21. The number of rotatable bonds is 4. The minimum atomic E-state index is -0.934. The first kappa shape index (κ1) is 16.7. The average molecular weight is 388 g/mol. The van der Waals surface area contributed by atoms with Gasteiger partial charge in [0.15, 0.2) is 0 Å². The van der Waals surface area contributed by atoms with Gasteiger partial charge in [-0.05, 0) is 53.8 Å². The lowest BCUT2D eigenvalue weighted by Crippen LogP contribution is -2.36. The SMILES string of the molecule is O=C(O)c1ccc2c(c1)CN(C(=O)CCc1ccc(Br)cc1)CC2. The van der Waals surface area contributed by atoms with E-state index in [9.17, 15) is 9.59 Å². The number of aryl methyl sites for hydroxylation is 1. The van der Waals surface area contributed by atoms with Gasteiger partial charge in [0.1, 0.15) is 0 Å². The second-order valence-corrected chi connectivity index (χ2v) is 6.90. The van der Waals surface area contributed by atoms with Gasteiger partial charge in [-0.15, -0.1) is 0 Å². The van der Waals surface area contributed by atoms with Gasteiger partial charge < -0.3 is 10.0 Å². The molecule has 0 aliphatic carbocycles. The molecule has 0 saturated heterocycles. The van der Waals surface area contributed by atoms with Crippen molar-refractivity contribution in [2.24, 2.45) is 0 Å². The van der Waals surface area contributed by atoms with E-state index in [1.54, 1.807) is 12.1 Å². The van der Waals surface area contributed by atoms with Crippen molar-refractivity contribution >= 4 is 27.8 Å². The molecule has 0 saturated carbocycles. The van der Waals surface area contributed by atoms with Crippen LogP contribution in [0.5, 0.6) is 0 Å². The number of aromatic carboxylic acids is 1. The molecule has 0 spiro atoms. The first-order valence-corrected chi connectivity index (χ1v) is 8.69. The van der Waals surface area contributed by atoms with E-state index in [0.717, 1.165) is 27.6 Å². The molecule has 2 aromatic carbocycles. The van der Waals surface area contributed by atoms with Crippen molar-refractivity contribution in [2.75, 3.05) is 6.54 Å². The van der Waals surface area contributed by atoms with Crippen molar-refractivity contribution in [3.05, 3.63) is 69.2 Å². The Morgan fingerprint density at radius 1 is 1.08 bits per heavy atom. The normalized spacial score (nSPS) is 13.5. The zero-order chi connectivity index (χ0) is 17.1. The third-order valence-electron chi connectivity index (χ3n) is 4.36. The molecule has 0 bridgehead atoms. The summed E-state index contributed by atoms with van der Waals surface area (Å²) < 4.78 is 1.03. The smallest absolute Gasteiger partial charge is 0.335 e. The van der Waals surface area contributed by atoms with Crippen LogP contribution in [-0.2, 0) is 24.2 Å². The third-order valence-corrected chi connectivity index (χ3v) is 4.89. The summed E-state index contributed by atoms with van der Waals surface area (Å²) in [5.74, 6) is -0.819. The molecule has 124 valence electrons. The van der Waals surface area contributed by atoms with Crippen molar-refractivity contribution in [1.82, 2.24) is 4.90 Å². The van der Waals surface area contributed by atoms with Crippen LogP contribution in [0.4, 0.5) is 0 Å². The maximum absolute atomic E-state index is 12.5. The Kier molecular flexibility index (Phi) is 5.00. The monoisotopic (exact) mass is 387 g/mol. The standard InChI is InChI=1S/C19H18BrNO3/c20-17-6-1-13(2-7-17)3-8-18(22)21-10-9-14-4-5-15(19(23)24)11-16(14)12-21/h1-2,4-7,11H,3,8-10,12H2,(H,23,24). The van der Waals surface area contributed by atoms with E-state index in [4.69, 9.17) is 5.11 Å². The summed E-state index contributed by atoms with van der Waals surface area (Å²) in [7, 11) is 0. The van der Waals surface area contributed by atoms with Crippen LogP contribution >= 0.6 is 15.9 Å². The lowest BCUT2D eigenvalue weighted by molar-refractivity contribution is -0.132. The van der Waals surface area contributed by atoms with E-state index in [0.29, 0.717) is 25.9 Å². The number of fused-ring (bicyclic) bond motifs is 1. The summed E-state index contributed by atoms with van der Waals surface area (Å²) in [6.45, 7) is 1.19. The number of hydrogen-bond acceptors (Lipinski definition) is 2. The van der Waals surface area contributed by atoms with Gasteiger partial charge >= 0.3 is 5.97 Å². The topological polar surface area (TPSA) is 57.6 Å². The Balaban J connectivity index is 1.63. The minimum Gasteiger partial charge on any atom is -0.478 e. The zero-order valence-electron chi connectivity index (χ0n) is 13.2. The molecule has 1 amide bonds. The van der Waals surface area contributed by atoms with Crippen molar-refractivity contribution in [3.8, 4) is 0 Å². The van der Waals surface area contributed by atoms with Crippen LogP contribution in [0.25, 0.3) is 0 Å². The molecule has 1 N–H and O–H groups in total. The average Bonchev–Trinajstić information content (AvgIpc) is 2.60. The molecule has 0 fully saturated rings. The van der Waals surface area contributed by atoms with Gasteiger partial charge in [0, 0.05) is 24.0 Å². The van der Waals surface area contributed by atoms with Crippen molar-refractivity contribution in [3.63, 3.8) is 0 Å². The van der Waals surface area contributed by atoms with E-state index in [2.05, 4.69) is 15.9 Å². The highest BCUT2D eigenvalue weighted by Crippen LogP contribution is 2.21. The Morgan fingerprint density at radius 3 is 2.54 bits per heavy atom. The highest BCUT2D eigenvalue weighted by molar-refractivity contribution is 9.10. The van der Waals surface area contributed by atoms with Crippen LogP contribution in [0.1, 0.15) is 33.5 Å². The number of carbonyl (C=O) groups is 2. The number of carbonyl (C=O) groups excluding carboxylic acids is 1. The molecule has 24 heavy (non-hydrogen) atoms. The van der Waals surface area contributed by atoms with Crippen LogP contribution in [0, 0.1) is 0 Å². The summed E-state index contributed by atoms with van der Waals surface area (Å²) in [5.41, 5.74) is 3.49. The quantitative estimate of drug-likeness (QED) is 0.870. The Morgan fingerprint density at radius 2 is 1.83 bits per heavy atom. The highest BCUT2D eigenvalue weighted by atomic mass is 79.9. The molecular weight excluding hydrogens is 370 g/mol. The molecule has 2 aromatic rings. The number of carboxylic acids is 1. The molecule has 0 atom stereocenters. The lowest BCUT2D eigenvalue weighted by Gasteiger charge is -2.29. The lowest BCUT2D eigenvalue weighted by atomic mass is 9.97. The largest absolute Gasteiger partial charge is 0.478 e. The molecule has 0 radical (unpaired) electrons. The van der Waals surface area contributed by atoms with Crippen LogP contribution in [-0.4, -0.2) is 28.4 Å². The fourth-order valence-electron chi connectivity index (χ4n) is 2.96. The first-order chi connectivity index (χ1) is 11.5. The van der Waals surface area contributed by atoms with Gasteiger partial charge in [-0.3, -0.25) is 4.79 Å². The van der Waals surface area contributed by atoms with Gasteiger partial charge in [-0.1, -0.05) is 34.1 Å². The Hall–Kier alpha value is -2.14. The van der Waals surface area contributed by atoms with Gasteiger partial charge in [-0.25, -0.2) is 4.79 Å². The molecule has 0 aromatic heterocycles. The van der Waals surface area contributed by atoms with Gasteiger partial charge in [0.2, 0.25) is 5.91 Å². The zero-order valence-corrected chi connectivity index (χ0v) is 14.8. The maximum Gasteiger partial charge on any atom is 0.335 e. The van der Waals surface area contributed by atoms with E-state index in [1.807, 2.05) is 35.2 Å². The molecule has 0 unspecified atom stereocenters. The second kappa shape index (κ2) is 7.18. The summed E-state index contributed by atoms with van der Waals surface area (Å²) in [5, 5.41) is 9.11. The van der Waals surface area contributed by atoms with E-state index < -0.39 is 5.97 Å². The maximum atomic E-state index is 12.5. The number of carboxylic acid groups (broad SMARTS) is 1. The van der Waals surface area contributed by atoms with E-state index >= 15 is 0 Å². The molecule has 5 heteroatoms. The summed E-state index contributed by atoms with van der Waals surface area (Å²) in [6, 6.07) is 13.2. The molecule has 1 aliphatic heterocycles. The molecular formula is C19H18BrNO3. The third kappa shape index (κ3) is 3.85. The van der Waals surface area contributed by atoms with Crippen molar-refractivity contribution in [1.29, 1.82) is 0 Å². The molecule has 1 heterocycles. The van der Waals surface area contributed by atoms with Crippen molar-refractivity contribution in [2.45, 2.75) is 25.8 Å². The second-order valence-electron chi connectivity index (χ2n) is 5.98. The summed E-state index contributed by atoms with van der Waals surface area (Å²) in [6.07, 6.45) is 1.96. The minimum absolute atomic E-state index is 0.115. The predicted octanol–water partition coefficient (Wildman–Crippen LogP) is 3.66. The van der Waals surface area contributed by atoms with E-state index in [1.165, 1.54) is 0 Å². The van der Waals surface area contributed by atoms with Crippen molar-refractivity contribution < 1.29 is 14.7 Å². The Labute approximate surface area is 149 Å². The van der Waals surface area contributed by atoms with E-state index in [-0.39, 0.29) is 11.5 Å². The summed E-state index contributed by atoms with van der Waals surface area (Å²) >= 11 is 3.40. The fourth-order valence-corrected chi connectivity index (χ4v) is 3.23.